The van der Waals surface area contributed by atoms with Crippen molar-refractivity contribution in [3.8, 4) is 0 Å². The van der Waals surface area contributed by atoms with Crippen LogP contribution in [0.1, 0.15) is 38.8 Å². The lowest BCUT2D eigenvalue weighted by Gasteiger charge is -2.27. The molecule has 0 saturated heterocycles. The highest BCUT2D eigenvalue weighted by Crippen LogP contribution is 2.37. The summed E-state index contributed by atoms with van der Waals surface area (Å²) < 4.78 is 0. The molecule has 0 aliphatic heterocycles. The molecule has 3 heteroatoms. The zero-order chi connectivity index (χ0) is 10.7. The van der Waals surface area contributed by atoms with Crippen LogP contribution in [0.15, 0.2) is 18.3 Å². The van der Waals surface area contributed by atoms with E-state index in [4.69, 9.17) is 0 Å². The fraction of sp³-hybridized carbons (Fsp3) is 0.667. The first-order valence-corrected chi connectivity index (χ1v) is 5.68. The minimum atomic E-state index is 0.433. The lowest BCUT2D eigenvalue weighted by atomic mass is 9.87. The molecule has 1 aromatic rings. The van der Waals surface area contributed by atoms with Crippen molar-refractivity contribution in [3.63, 3.8) is 0 Å². The molecule has 1 aliphatic carbocycles. The van der Waals surface area contributed by atoms with Gasteiger partial charge in [0.2, 0.25) is 0 Å². The van der Waals surface area contributed by atoms with Crippen LogP contribution in [0, 0.1) is 5.41 Å². The quantitative estimate of drug-likeness (QED) is 0.821. The molecule has 1 heterocycles. The molecule has 3 nitrogen and oxygen atoms in total. The maximum atomic E-state index is 4.07. The van der Waals surface area contributed by atoms with Crippen LogP contribution in [0.3, 0.4) is 0 Å². The summed E-state index contributed by atoms with van der Waals surface area (Å²) in [5, 5.41) is 11.5. The second-order valence-corrected chi connectivity index (χ2v) is 5.03. The highest BCUT2D eigenvalue weighted by molar-refractivity contribution is 5.00. The Balaban J connectivity index is 1.89. The maximum Gasteiger partial charge on any atom is 0.0769 e. The summed E-state index contributed by atoms with van der Waals surface area (Å²) in [4.78, 5) is 0. The van der Waals surface area contributed by atoms with E-state index >= 15 is 0 Å². The second kappa shape index (κ2) is 4.27. The lowest BCUT2D eigenvalue weighted by molar-refractivity contribution is 0.281. The van der Waals surface area contributed by atoms with Crippen LogP contribution in [0.2, 0.25) is 0 Å². The summed E-state index contributed by atoms with van der Waals surface area (Å²) in [5.74, 6) is 0. The zero-order valence-corrected chi connectivity index (χ0v) is 9.53. The number of aromatic nitrogens is 2. The van der Waals surface area contributed by atoms with Gasteiger partial charge in [-0.2, -0.15) is 10.2 Å². The predicted octanol–water partition coefficient (Wildman–Crippen LogP) is 2.14. The molecule has 1 aromatic heterocycles. The van der Waals surface area contributed by atoms with E-state index in [0.29, 0.717) is 11.5 Å². The molecule has 1 N–H and O–H groups in total. The van der Waals surface area contributed by atoms with E-state index in [9.17, 15) is 0 Å². The van der Waals surface area contributed by atoms with Crippen LogP contribution in [0.4, 0.5) is 0 Å². The van der Waals surface area contributed by atoms with Crippen molar-refractivity contribution in [1.82, 2.24) is 15.5 Å². The average Bonchev–Trinajstić information content (AvgIpc) is 2.56. The number of nitrogens with one attached hydrogen (secondary N) is 1. The van der Waals surface area contributed by atoms with Crippen molar-refractivity contribution in [2.24, 2.45) is 5.41 Å². The smallest absolute Gasteiger partial charge is 0.0769 e. The average molecular weight is 205 g/mol. The fourth-order valence-electron chi connectivity index (χ4n) is 2.36. The molecule has 0 spiro atoms. The van der Waals surface area contributed by atoms with Crippen LogP contribution in [0.25, 0.3) is 0 Å². The van der Waals surface area contributed by atoms with Crippen molar-refractivity contribution in [3.05, 3.63) is 24.0 Å². The second-order valence-electron chi connectivity index (χ2n) is 5.03. The molecular weight excluding hydrogens is 186 g/mol. The Morgan fingerprint density at radius 2 is 2.40 bits per heavy atom. The van der Waals surface area contributed by atoms with Crippen LogP contribution in [-0.2, 0) is 6.54 Å². The first kappa shape index (κ1) is 10.6. The monoisotopic (exact) mass is 205 g/mol. The number of rotatable bonds is 3. The Bertz CT molecular complexity index is 308. The van der Waals surface area contributed by atoms with E-state index in [1.807, 2.05) is 12.1 Å². The minimum Gasteiger partial charge on any atom is -0.308 e. The largest absolute Gasteiger partial charge is 0.308 e. The molecule has 1 saturated carbocycles. The topological polar surface area (TPSA) is 37.8 Å². The first-order valence-electron chi connectivity index (χ1n) is 5.68. The van der Waals surface area contributed by atoms with Gasteiger partial charge in [0.05, 0.1) is 5.69 Å². The van der Waals surface area contributed by atoms with E-state index < -0.39 is 0 Å². The molecule has 1 unspecified atom stereocenters. The normalized spacial score (nSPS) is 24.3. The Hall–Kier alpha value is -0.960. The fourth-order valence-corrected chi connectivity index (χ4v) is 2.36. The minimum absolute atomic E-state index is 0.433. The maximum absolute atomic E-state index is 4.07. The molecule has 2 rings (SSSR count). The van der Waals surface area contributed by atoms with Crippen LogP contribution in [-0.4, -0.2) is 16.2 Å². The molecule has 0 bridgehead atoms. The van der Waals surface area contributed by atoms with Gasteiger partial charge in [-0.3, -0.25) is 0 Å². The van der Waals surface area contributed by atoms with Crippen molar-refractivity contribution in [2.75, 3.05) is 0 Å². The highest BCUT2D eigenvalue weighted by atomic mass is 15.1. The Morgan fingerprint density at radius 1 is 1.53 bits per heavy atom. The van der Waals surface area contributed by atoms with Gasteiger partial charge in [-0.15, -0.1) is 0 Å². The predicted molar refractivity (Wildman–Crippen MR) is 60.3 cm³/mol. The summed E-state index contributed by atoms with van der Waals surface area (Å²) in [6.07, 6.45) is 5.66. The third kappa shape index (κ3) is 2.53. The Kier molecular flexibility index (Phi) is 3.00. The van der Waals surface area contributed by atoms with Gasteiger partial charge < -0.3 is 5.32 Å². The molecule has 1 aliphatic rings. The van der Waals surface area contributed by atoms with Gasteiger partial charge in [0.1, 0.15) is 0 Å². The van der Waals surface area contributed by atoms with E-state index in [1.54, 1.807) is 6.20 Å². The van der Waals surface area contributed by atoms with Crippen molar-refractivity contribution in [1.29, 1.82) is 0 Å². The molecular formula is C12H19N3. The van der Waals surface area contributed by atoms with Crippen LogP contribution >= 0.6 is 0 Å². The third-order valence-electron chi connectivity index (χ3n) is 3.41. The molecule has 0 aromatic carbocycles. The van der Waals surface area contributed by atoms with Gasteiger partial charge in [-0.05, 0) is 30.4 Å². The molecule has 1 fully saturated rings. The van der Waals surface area contributed by atoms with Crippen LogP contribution < -0.4 is 5.32 Å². The standard InChI is InChI=1S/C12H19N3/c1-12(2)7-3-6-11(12)13-9-10-5-4-8-14-15-10/h4-5,8,11,13H,3,6-7,9H2,1-2H3. The number of nitrogens with zero attached hydrogens (tertiary/aromatic N) is 2. The van der Waals surface area contributed by atoms with Crippen LogP contribution in [0.5, 0.6) is 0 Å². The van der Waals surface area contributed by atoms with Gasteiger partial charge in [-0.25, -0.2) is 0 Å². The van der Waals surface area contributed by atoms with Crippen molar-refractivity contribution < 1.29 is 0 Å². The SMILES string of the molecule is CC1(C)CCCC1NCc1cccnn1. The Morgan fingerprint density at radius 3 is 3.00 bits per heavy atom. The summed E-state index contributed by atoms with van der Waals surface area (Å²) in [6.45, 7) is 5.52. The summed E-state index contributed by atoms with van der Waals surface area (Å²) >= 11 is 0. The van der Waals surface area contributed by atoms with Gasteiger partial charge in [-0.1, -0.05) is 20.3 Å². The van der Waals surface area contributed by atoms with Crippen molar-refractivity contribution >= 4 is 0 Å². The van der Waals surface area contributed by atoms with Gasteiger partial charge in [0, 0.05) is 18.8 Å². The van der Waals surface area contributed by atoms with E-state index in [0.717, 1.165) is 12.2 Å². The lowest BCUT2D eigenvalue weighted by Crippen LogP contribution is -2.37. The van der Waals surface area contributed by atoms with E-state index in [2.05, 4.69) is 29.4 Å². The molecule has 0 radical (unpaired) electrons. The molecule has 0 amide bonds. The molecule has 15 heavy (non-hydrogen) atoms. The van der Waals surface area contributed by atoms with Gasteiger partial charge >= 0.3 is 0 Å². The molecule has 1 atom stereocenters. The summed E-state index contributed by atoms with van der Waals surface area (Å²) in [6, 6.07) is 4.57. The van der Waals surface area contributed by atoms with Gasteiger partial charge in [0.15, 0.2) is 0 Å². The number of hydrogen-bond donors (Lipinski definition) is 1. The summed E-state index contributed by atoms with van der Waals surface area (Å²) in [5.41, 5.74) is 1.46. The number of hydrogen-bond acceptors (Lipinski definition) is 3. The first-order chi connectivity index (χ1) is 7.18. The zero-order valence-electron chi connectivity index (χ0n) is 9.53. The molecule has 82 valence electrons. The van der Waals surface area contributed by atoms with E-state index in [-0.39, 0.29) is 0 Å². The van der Waals surface area contributed by atoms with E-state index in [1.165, 1.54) is 19.3 Å². The Labute approximate surface area is 91.3 Å². The van der Waals surface area contributed by atoms with Gasteiger partial charge in [0.25, 0.3) is 0 Å². The third-order valence-corrected chi connectivity index (χ3v) is 3.41. The van der Waals surface area contributed by atoms with Crippen molar-refractivity contribution in [2.45, 2.75) is 45.7 Å². The highest BCUT2D eigenvalue weighted by Gasteiger charge is 2.33. The summed E-state index contributed by atoms with van der Waals surface area (Å²) in [7, 11) is 0.